The first kappa shape index (κ1) is 38.2. The summed E-state index contributed by atoms with van der Waals surface area (Å²) in [5, 5.41) is 12.2. The molecule has 274 valence electrons. The molecule has 0 aliphatic heterocycles. The molecule has 3 aromatic heterocycles. The van der Waals surface area contributed by atoms with Crippen LogP contribution in [0.25, 0.3) is 0 Å². The van der Waals surface area contributed by atoms with E-state index in [1.54, 1.807) is 42.6 Å². The number of thiazole rings is 2. The summed E-state index contributed by atoms with van der Waals surface area (Å²) in [6.07, 6.45) is 6.90. The van der Waals surface area contributed by atoms with E-state index in [1.165, 1.54) is 16.2 Å². The van der Waals surface area contributed by atoms with Gasteiger partial charge in [-0.2, -0.15) is 0 Å². The number of nitrogens with zero attached hydrogens (tertiary/aromatic N) is 4. The molecule has 3 heterocycles. The Kier molecular flexibility index (Phi) is 14.3. The number of amides is 4. The number of hydrogen-bond acceptors (Lipinski definition) is 9. The van der Waals surface area contributed by atoms with Crippen molar-refractivity contribution < 1.29 is 19.1 Å². The minimum absolute atomic E-state index is 0.141. The standard InChI is InChI=1S/C38H46N8O4S2/c1-26(2)36-43-32(23-51-36)21-46(3)37(48)45-34(18-31-19-39-24-41-31)35(47)42-29(16-27-10-6-4-7-11-27)14-15-30(17-28-12-8-5-9-13-28)44-38(49)50-22-33-20-40-25-52-33/h4-13,19-20,23-26,29-30,34H,14-18,21-22H2,1-3H3,(H,39,41)(H,42,47)(H,44,49)(H,45,48)/t29-,30-,34-/m0/s1. The zero-order valence-electron chi connectivity index (χ0n) is 29.7. The van der Waals surface area contributed by atoms with E-state index in [2.05, 4.69) is 49.7 Å². The Morgan fingerprint density at radius 3 is 2.12 bits per heavy atom. The molecule has 0 aliphatic rings. The van der Waals surface area contributed by atoms with E-state index < -0.39 is 18.2 Å². The van der Waals surface area contributed by atoms with Crippen LogP contribution in [0.1, 0.15) is 65.0 Å². The molecule has 5 rings (SSSR count). The van der Waals surface area contributed by atoms with E-state index in [9.17, 15) is 14.4 Å². The zero-order valence-corrected chi connectivity index (χ0v) is 31.3. The maximum atomic E-state index is 14.1. The Labute approximate surface area is 312 Å². The summed E-state index contributed by atoms with van der Waals surface area (Å²) in [5.41, 5.74) is 5.27. The minimum atomic E-state index is -0.891. The van der Waals surface area contributed by atoms with Crippen LogP contribution in [0.3, 0.4) is 0 Å². The Hall–Kier alpha value is -5.08. The molecule has 0 fully saturated rings. The first-order chi connectivity index (χ1) is 25.2. The fraction of sp³-hybridized carbons (Fsp3) is 0.368. The number of imidazole rings is 1. The first-order valence-corrected chi connectivity index (χ1v) is 19.1. The topological polar surface area (TPSA) is 154 Å². The molecule has 3 atom stereocenters. The Bertz CT molecular complexity index is 1800. The SMILES string of the molecule is CC(C)c1nc(CN(C)C(=O)N[C@@H](Cc2c[nH]cn2)C(=O)N[C@@H](CC[C@@H](Cc2ccccc2)NC(=O)OCc2cncs2)Cc2ccccc2)cs1. The van der Waals surface area contributed by atoms with Gasteiger partial charge in [0, 0.05) is 49.2 Å². The van der Waals surface area contributed by atoms with Crippen molar-refractivity contribution in [1.82, 2.24) is 40.8 Å². The van der Waals surface area contributed by atoms with Gasteiger partial charge < -0.3 is 30.6 Å². The van der Waals surface area contributed by atoms with Gasteiger partial charge in [-0.05, 0) is 36.8 Å². The second-order valence-electron chi connectivity index (χ2n) is 13.0. The Morgan fingerprint density at radius 2 is 1.54 bits per heavy atom. The predicted molar refractivity (Wildman–Crippen MR) is 203 cm³/mol. The molecule has 4 amide bonds. The quantitative estimate of drug-likeness (QED) is 0.0829. The smallest absolute Gasteiger partial charge is 0.407 e. The van der Waals surface area contributed by atoms with Crippen LogP contribution in [-0.2, 0) is 41.9 Å². The maximum absolute atomic E-state index is 14.1. The van der Waals surface area contributed by atoms with Gasteiger partial charge in [0.1, 0.15) is 12.6 Å². The van der Waals surface area contributed by atoms with Crippen LogP contribution in [0.5, 0.6) is 0 Å². The fourth-order valence-electron chi connectivity index (χ4n) is 5.67. The van der Waals surface area contributed by atoms with Gasteiger partial charge in [-0.25, -0.2) is 19.6 Å². The van der Waals surface area contributed by atoms with Crippen LogP contribution in [0.2, 0.25) is 0 Å². The fourth-order valence-corrected chi connectivity index (χ4v) is 7.00. The average molecular weight is 743 g/mol. The molecule has 5 aromatic rings. The van der Waals surface area contributed by atoms with Crippen LogP contribution in [0, 0.1) is 0 Å². The van der Waals surface area contributed by atoms with E-state index in [0.29, 0.717) is 43.8 Å². The number of rotatable bonds is 18. The minimum Gasteiger partial charge on any atom is -0.444 e. The van der Waals surface area contributed by atoms with Crippen LogP contribution >= 0.6 is 22.7 Å². The van der Waals surface area contributed by atoms with Gasteiger partial charge in [0.25, 0.3) is 0 Å². The van der Waals surface area contributed by atoms with Gasteiger partial charge in [0.15, 0.2) is 0 Å². The number of hydrogen-bond donors (Lipinski definition) is 4. The third-order valence-electron chi connectivity index (χ3n) is 8.40. The van der Waals surface area contributed by atoms with Crippen molar-refractivity contribution in [1.29, 1.82) is 0 Å². The lowest BCUT2D eigenvalue weighted by molar-refractivity contribution is -0.123. The number of benzene rings is 2. The molecule has 0 unspecified atom stereocenters. The molecule has 14 heteroatoms. The molecule has 12 nitrogen and oxygen atoms in total. The third kappa shape index (κ3) is 12.3. The van der Waals surface area contributed by atoms with Crippen molar-refractivity contribution in [2.45, 2.75) is 83.1 Å². The lowest BCUT2D eigenvalue weighted by atomic mass is 9.95. The molecule has 2 aromatic carbocycles. The second-order valence-corrected chi connectivity index (χ2v) is 14.9. The summed E-state index contributed by atoms with van der Waals surface area (Å²) in [5.74, 6) is -0.0194. The van der Waals surface area contributed by atoms with Crippen molar-refractivity contribution in [2.24, 2.45) is 0 Å². The lowest BCUT2D eigenvalue weighted by Gasteiger charge is -2.27. The van der Waals surface area contributed by atoms with Crippen molar-refractivity contribution >= 4 is 40.7 Å². The number of aromatic nitrogens is 4. The normalized spacial score (nSPS) is 12.8. The van der Waals surface area contributed by atoms with Crippen molar-refractivity contribution in [3.05, 3.63) is 123 Å². The van der Waals surface area contributed by atoms with Gasteiger partial charge in [0.05, 0.1) is 39.7 Å². The van der Waals surface area contributed by atoms with Crippen LogP contribution in [-0.4, -0.2) is 68.0 Å². The molecule has 4 N–H and O–H groups in total. The Balaban J connectivity index is 1.28. The number of nitrogens with one attached hydrogen (secondary N) is 4. The zero-order chi connectivity index (χ0) is 36.7. The van der Waals surface area contributed by atoms with E-state index in [-0.39, 0.29) is 31.0 Å². The van der Waals surface area contributed by atoms with Gasteiger partial charge in [-0.15, -0.1) is 22.7 Å². The monoisotopic (exact) mass is 742 g/mol. The number of carbonyl (C=O) groups excluding carboxylic acids is 3. The highest BCUT2D eigenvalue weighted by Gasteiger charge is 2.27. The maximum Gasteiger partial charge on any atom is 0.407 e. The summed E-state index contributed by atoms with van der Waals surface area (Å²) in [7, 11) is 1.69. The summed E-state index contributed by atoms with van der Waals surface area (Å²) < 4.78 is 5.50. The van der Waals surface area contributed by atoms with Crippen LogP contribution in [0.15, 0.2) is 90.3 Å². The largest absolute Gasteiger partial charge is 0.444 e. The van der Waals surface area contributed by atoms with Crippen LogP contribution in [0.4, 0.5) is 9.59 Å². The van der Waals surface area contributed by atoms with Gasteiger partial charge in [-0.1, -0.05) is 74.5 Å². The van der Waals surface area contributed by atoms with Gasteiger partial charge in [-0.3, -0.25) is 9.78 Å². The molecule has 0 saturated carbocycles. The highest BCUT2D eigenvalue weighted by molar-refractivity contribution is 7.09. The summed E-state index contributed by atoms with van der Waals surface area (Å²) in [6, 6.07) is 18.0. The molecular weight excluding hydrogens is 697 g/mol. The van der Waals surface area contributed by atoms with Crippen molar-refractivity contribution in [2.75, 3.05) is 7.05 Å². The number of H-pyrrole nitrogens is 1. The number of alkyl carbamates (subject to hydrolysis) is 1. The third-order valence-corrected chi connectivity index (χ3v) is 10.3. The van der Waals surface area contributed by atoms with Crippen molar-refractivity contribution in [3.8, 4) is 0 Å². The van der Waals surface area contributed by atoms with E-state index in [4.69, 9.17) is 4.74 Å². The van der Waals surface area contributed by atoms with Gasteiger partial charge >= 0.3 is 12.1 Å². The molecule has 0 bridgehead atoms. The first-order valence-electron chi connectivity index (χ1n) is 17.3. The second kappa shape index (κ2) is 19.5. The molecule has 0 spiro atoms. The molecule has 0 saturated heterocycles. The molecular formula is C38H46N8O4S2. The molecule has 0 radical (unpaired) electrons. The summed E-state index contributed by atoms with van der Waals surface area (Å²) in [6.45, 7) is 4.62. The highest BCUT2D eigenvalue weighted by atomic mass is 32.1. The number of carbonyl (C=O) groups is 3. The lowest BCUT2D eigenvalue weighted by Crippen LogP contribution is -2.53. The number of ether oxygens (including phenoxy) is 1. The van der Waals surface area contributed by atoms with E-state index in [0.717, 1.165) is 26.7 Å². The van der Waals surface area contributed by atoms with Gasteiger partial charge in [0.2, 0.25) is 5.91 Å². The average Bonchev–Trinajstić information content (AvgIpc) is 3.95. The van der Waals surface area contributed by atoms with E-state index >= 15 is 0 Å². The summed E-state index contributed by atoms with van der Waals surface area (Å²) in [4.78, 5) is 58.8. The summed E-state index contributed by atoms with van der Waals surface area (Å²) >= 11 is 3.00. The number of urea groups is 1. The highest BCUT2D eigenvalue weighted by Crippen LogP contribution is 2.20. The number of aromatic amines is 1. The van der Waals surface area contributed by atoms with E-state index in [1.807, 2.05) is 66.0 Å². The Morgan fingerprint density at radius 1 is 0.865 bits per heavy atom. The van der Waals surface area contributed by atoms with Crippen molar-refractivity contribution in [3.63, 3.8) is 0 Å². The van der Waals surface area contributed by atoms with Crippen LogP contribution < -0.4 is 16.0 Å². The molecule has 0 aliphatic carbocycles. The molecule has 52 heavy (non-hydrogen) atoms. The predicted octanol–water partition coefficient (Wildman–Crippen LogP) is 6.24.